The monoisotopic (exact) mass is 376 g/mol. The molecule has 5 heteroatoms. The molecule has 0 atom stereocenters. The molecular weight excluding hydrogens is 360 g/mol. The smallest absolute Gasteiger partial charge is 0.341 e. The van der Waals surface area contributed by atoms with Crippen LogP contribution in [-0.4, -0.2) is 20.2 Å². The van der Waals surface area contributed by atoms with Crippen molar-refractivity contribution >= 4 is 27.5 Å². The van der Waals surface area contributed by atoms with Gasteiger partial charge in [0.15, 0.2) is 0 Å². The van der Waals surface area contributed by atoms with Crippen LogP contribution in [0.15, 0.2) is 54.8 Å². The first kappa shape index (κ1) is 17.1. The molecule has 0 fully saturated rings. The van der Waals surface area contributed by atoms with E-state index in [0.717, 1.165) is 10.9 Å². The van der Waals surface area contributed by atoms with Gasteiger partial charge in [-0.15, -0.1) is 0 Å². The maximum atomic E-state index is 12.0. The Morgan fingerprint density at radius 2 is 1.91 bits per heavy atom. The van der Waals surface area contributed by atoms with Crippen molar-refractivity contribution in [3.05, 3.63) is 65.9 Å². The van der Waals surface area contributed by atoms with E-state index >= 15 is 0 Å². The summed E-state index contributed by atoms with van der Waals surface area (Å²) in [6.07, 6.45) is 1.35. The first-order chi connectivity index (χ1) is 11.2. The van der Waals surface area contributed by atoms with E-state index in [2.05, 4.69) is 15.9 Å². The molecule has 23 heavy (non-hydrogen) atoms. The summed E-state index contributed by atoms with van der Waals surface area (Å²) in [4.78, 5) is 12.0. The number of carbonyl (C=O) groups is 1. The van der Waals surface area contributed by atoms with Crippen LogP contribution in [0.3, 0.4) is 0 Å². The van der Waals surface area contributed by atoms with E-state index in [4.69, 9.17) is 14.2 Å². The summed E-state index contributed by atoms with van der Waals surface area (Å²) >= 11 is 3.42. The zero-order valence-electron chi connectivity index (χ0n) is 12.9. The van der Waals surface area contributed by atoms with Crippen LogP contribution in [0.2, 0.25) is 0 Å². The molecule has 0 aliphatic heterocycles. The molecule has 0 amide bonds. The van der Waals surface area contributed by atoms with Crippen molar-refractivity contribution in [2.24, 2.45) is 0 Å². The minimum atomic E-state index is -0.489. The summed E-state index contributed by atoms with van der Waals surface area (Å²) in [5, 5.41) is 0.739. The molecule has 0 aromatic heterocycles. The normalized spacial score (nSPS) is 11.0. The number of alkyl halides is 1. The molecule has 0 saturated carbocycles. The fourth-order valence-corrected chi connectivity index (χ4v) is 2.40. The fraction of sp³-hybridized carbons (Fsp3) is 0.167. The van der Waals surface area contributed by atoms with Crippen molar-refractivity contribution in [2.75, 3.05) is 14.2 Å². The largest absolute Gasteiger partial charge is 0.503 e. The number of rotatable bonds is 6. The third kappa shape index (κ3) is 4.36. The summed E-state index contributed by atoms with van der Waals surface area (Å²) in [7, 11) is 2.81. The van der Waals surface area contributed by atoms with E-state index < -0.39 is 5.97 Å². The van der Waals surface area contributed by atoms with Crippen LogP contribution in [0.4, 0.5) is 0 Å². The molecule has 0 radical (unpaired) electrons. The number of halogens is 1. The Morgan fingerprint density at radius 3 is 2.61 bits per heavy atom. The molecule has 4 nitrogen and oxygen atoms in total. The lowest BCUT2D eigenvalue weighted by atomic mass is 10.1. The van der Waals surface area contributed by atoms with Crippen LogP contribution in [0, 0.1) is 0 Å². The summed E-state index contributed by atoms with van der Waals surface area (Å²) in [6, 6.07) is 15.0. The highest BCUT2D eigenvalue weighted by atomic mass is 79.9. The van der Waals surface area contributed by atoms with Gasteiger partial charge < -0.3 is 14.2 Å². The Balaban J connectivity index is 2.40. The molecule has 120 valence electrons. The van der Waals surface area contributed by atoms with Crippen LogP contribution < -0.4 is 4.74 Å². The predicted molar refractivity (Wildman–Crippen MR) is 92.6 cm³/mol. The number of benzene rings is 2. The lowest BCUT2D eigenvalue weighted by Gasteiger charge is -2.13. The van der Waals surface area contributed by atoms with Crippen LogP contribution in [0.1, 0.15) is 11.1 Å². The molecule has 0 heterocycles. The lowest BCUT2D eigenvalue weighted by molar-refractivity contribution is -0.133. The summed E-state index contributed by atoms with van der Waals surface area (Å²) in [5.74, 6) is 0.751. The van der Waals surface area contributed by atoms with E-state index in [1.807, 2.05) is 36.4 Å². The second kappa shape index (κ2) is 8.39. The van der Waals surface area contributed by atoms with E-state index in [9.17, 15) is 4.79 Å². The van der Waals surface area contributed by atoms with Gasteiger partial charge in [0.2, 0.25) is 0 Å². The first-order valence-electron chi connectivity index (χ1n) is 6.93. The van der Waals surface area contributed by atoms with E-state index in [-0.39, 0.29) is 0 Å². The van der Waals surface area contributed by atoms with Gasteiger partial charge in [0.05, 0.1) is 20.5 Å². The van der Waals surface area contributed by atoms with Crippen molar-refractivity contribution in [2.45, 2.75) is 5.33 Å². The summed E-state index contributed by atoms with van der Waals surface area (Å²) in [5.41, 5.74) is 1.99. The van der Waals surface area contributed by atoms with E-state index in [1.165, 1.54) is 20.5 Å². The molecule has 0 unspecified atom stereocenters. The van der Waals surface area contributed by atoms with Gasteiger partial charge in [-0.3, -0.25) is 0 Å². The Kier molecular flexibility index (Phi) is 6.23. The third-order valence-corrected chi connectivity index (χ3v) is 3.75. The molecular formula is C18H17BrO4. The highest BCUT2D eigenvalue weighted by Gasteiger charge is 2.18. The lowest BCUT2D eigenvalue weighted by Crippen LogP contribution is -2.05. The minimum Gasteiger partial charge on any atom is -0.503 e. The number of hydrogen-bond donors (Lipinski definition) is 0. The Hall–Kier alpha value is -2.27. The maximum absolute atomic E-state index is 12.0. The van der Waals surface area contributed by atoms with Crippen molar-refractivity contribution in [3.63, 3.8) is 0 Å². The molecule has 0 saturated heterocycles. The fourth-order valence-electron chi connectivity index (χ4n) is 2.05. The zero-order chi connectivity index (χ0) is 16.7. The standard InChI is InChI=1S/C18H17BrO4/c1-21-12-16(18(20)22-2)15-8-3-4-9-17(15)23-14-7-5-6-13(10-14)11-19/h3-10,12H,11H2,1-2H3/b16-12+. The molecule has 0 aliphatic rings. The zero-order valence-corrected chi connectivity index (χ0v) is 14.5. The molecule has 0 spiro atoms. The average molecular weight is 377 g/mol. The summed E-state index contributed by atoms with van der Waals surface area (Å²) < 4.78 is 15.8. The van der Waals surface area contributed by atoms with Gasteiger partial charge in [-0.1, -0.05) is 46.3 Å². The molecule has 0 bridgehead atoms. The SMILES string of the molecule is CO/C=C(/C(=O)OC)c1ccccc1Oc1cccc(CBr)c1. The van der Waals surface area contributed by atoms with Gasteiger partial charge in [0.1, 0.15) is 17.1 Å². The Bertz CT molecular complexity index is 710. The highest BCUT2D eigenvalue weighted by molar-refractivity contribution is 9.08. The van der Waals surface area contributed by atoms with Crippen molar-refractivity contribution in [3.8, 4) is 11.5 Å². The Labute approximate surface area is 143 Å². The molecule has 2 rings (SSSR count). The van der Waals surface area contributed by atoms with Crippen molar-refractivity contribution in [1.29, 1.82) is 0 Å². The molecule has 2 aromatic carbocycles. The minimum absolute atomic E-state index is 0.294. The van der Waals surface area contributed by atoms with Gasteiger partial charge in [-0.05, 0) is 23.8 Å². The van der Waals surface area contributed by atoms with Gasteiger partial charge in [0.25, 0.3) is 0 Å². The van der Waals surface area contributed by atoms with Crippen LogP contribution in [0.25, 0.3) is 5.57 Å². The average Bonchev–Trinajstić information content (AvgIpc) is 2.60. The number of esters is 1. The maximum Gasteiger partial charge on any atom is 0.341 e. The van der Waals surface area contributed by atoms with Crippen molar-refractivity contribution < 1.29 is 19.0 Å². The molecule has 0 aliphatic carbocycles. The van der Waals surface area contributed by atoms with Crippen LogP contribution >= 0.6 is 15.9 Å². The predicted octanol–water partition coefficient (Wildman–Crippen LogP) is 4.53. The van der Waals surface area contributed by atoms with Crippen LogP contribution in [0.5, 0.6) is 11.5 Å². The van der Waals surface area contributed by atoms with Gasteiger partial charge in [0, 0.05) is 10.9 Å². The van der Waals surface area contributed by atoms with Gasteiger partial charge >= 0.3 is 5.97 Å². The number of carbonyl (C=O) groups excluding carboxylic acids is 1. The Morgan fingerprint density at radius 1 is 1.13 bits per heavy atom. The number of para-hydroxylation sites is 1. The van der Waals surface area contributed by atoms with E-state index in [0.29, 0.717) is 22.6 Å². The van der Waals surface area contributed by atoms with Crippen molar-refractivity contribution in [1.82, 2.24) is 0 Å². The quantitative estimate of drug-likeness (QED) is 0.321. The number of methoxy groups -OCH3 is 2. The second-order valence-corrected chi connectivity index (χ2v) is 5.20. The second-order valence-electron chi connectivity index (χ2n) is 4.64. The first-order valence-corrected chi connectivity index (χ1v) is 8.05. The van der Waals surface area contributed by atoms with E-state index in [1.54, 1.807) is 12.1 Å². The van der Waals surface area contributed by atoms with Crippen LogP contribution in [-0.2, 0) is 19.6 Å². The number of ether oxygens (including phenoxy) is 3. The summed E-state index contributed by atoms with van der Waals surface area (Å²) in [6.45, 7) is 0. The molecule has 2 aromatic rings. The number of hydrogen-bond acceptors (Lipinski definition) is 4. The third-order valence-electron chi connectivity index (χ3n) is 3.10. The van der Waals surface area contributed by atoms with Gasteiger partial charge in [-0.25, -0.2) is 4.79 Å². The highest BCUT2D eigenvalue weighted by Crippen LogP contribution is 2.31. The topological polar surface area (TPSA) is 44.8 Å². The van der Waals surface area contributed by atoms with Gasteiger partial charge in [-0.2, -0.15) is 0 Å². The molecule has 0 N–H and O–H groups in total.